The summed E-state index contributed by atoms with van der Waals surface area (Å²) in [5.41, 5.74) is 2.95. The van der Waals surface area contributed by atoms with E-state index in [0.717, 1.165) is 28.5 Å². The zero-order chi connectivity index (χ0) is 21.8. The number of nitrogens with zero attached hydrogens (tertiary/aromatic N) is 4. The third kappa shape index (κ3) is 4.41. The molecule has 0 spiro atoms. The lowest BCUT2D eigenvalue weighted by molar-refractivity contribution is 0.0948. The number of aromatic nitrogens is 5. The van der Waals surface area contributed by atoms with Crippen molar-refractivity contribution in [3.63, 3.8) is 0 Å². The topological polar surface area (TPSA) is 89.8 Å². The minimum absolute atomic E-state index is 0.249. The Morgan fingerprint density at radius 3 is 2.55 bits per heavy atom. The van der Waals surface area contributed by atoms with Crippen molar-refractivity contribution < 1.29 is 9.53 Å². The molecule has 2 aromatic carbocycles. The van der Waals surface area contributed by atoms with Crippen LogP contribution >= 0.6 is 12.2 Å². The van der Waals surface area contributed by atoms with Crippen LogP contribution in [0.1, 0.15) is 16.3 Å². The van der Waals surface area contributed by atoms with Crippen LogP contribution in [0, 0.1) is 4.77 Å². The van der Waals surface area contributed by atoms with Crippen molar-refractivity contribution in [2.75, 3.05) is 13.7 Å². The molecule has 0 aliphatic heterocycles. The average Bonchev–Trinajstić information content (AvgIpc) is 3.39. The van der Waals surface area contributed by atoms with Crippen molar-refractivity contribution in [3.8, 4) is 22.7 Å². The fraction of sp³-hybridized carbons (Fsp3) is 0.182. The van der Waals surface area contributed by atoms with Gasteiger partial charge in [0.25, 0.3) is 5.91 Å². The fourth-order valence-electron chi connectivity index (χ4n) is 3.21. The van der Waals surface area contributed by atoms with Gasteiger partial charge in [0.15, 0.2) is 10.5 Å². The zero-order valence-corrected chi connectivity index (χ0v) is 18.0. The van der Waals surface area contributed by atoms with Crippen LogP contribution in [0.25, 0.3) is 16.9 Å². The Labute approximate surface area is 184 Å². The van der Waals surface area contributed by atoms with Crippen LogP contribution in [0.15, 0.2) is 60.7 Å². The number of carbonyl (C=O) groups is 1. The number of aromatic amines is 1. The van der Waals surface area contributed by atoms with E-state index in [2.05, 4.69) is 20.6 Å². The van der Waals surface area contributed by atoms with Gasteiger partial charge in [-0.1, -0.05) is 18.2 Å². The van der Waals surface area contributed by atoms with E-state index < -0.39 is 0 Å². The largest absolute Gasteiger partial charge is 0.497 e. The first-order chi connectivity index (χ1) is 15.1. The third-order valence-corrected chi connectivity index (χ3v) is 5.30. The van der Waals surface area contributed by atoms with Gasteiger partial charge in [-0.05, 0) is 54.7 Å². The Bertz CT molecular complexity index is 1240. The van der Waals surface area contributed by atoms with Gasteiger partial charge in [0.05, 0.1) is 18.5 Å². The molecule has 0 atom stereocenters. The molecule has 0 aliphatic rings. The molecule has 0 fully saturated rings. The summed E-state index contributed by atoms with van der Waals surface area (Å²) in [5.74, 6) is 1.29. The number of H-pyrrole nitrogens is 1. The maximum atomic E-state index is 12.8. The minimum atomic E-state index is -0.249. The van der Waals surface area contributed by atoms with Gasteiger partial charge < -0.3 is 14.6 Å². The average molecular weight is 435 g/mol. The van der Waals surface area contributed by atoms with E-state index in [0.29, 0.717) is 23.4 Å². The third-order valence-electron chi connectivity index (χ3n) is 4.94. The van der Waals surface area contributed by atoms with E-state index in [9.17, 15) is 4.79 Å². The first-order valence-electron chi connectivity index (χ1n) is 9.75. The lowest BCUT2D eigenvalue weighted by Crippen LogP contribution is -2.26. The van der Waals surface area contributed by atoms with Crippen LogP contribution < -0.4 is 10.1 Å². The molecule has 0 unspecified atom stereocenters. The lowest BCUT2D eigenvalue weighted by atomic mass is 10.1. The summed E-state index contributed by atoms with van der Waals surface area (Å²) in [6.07, 6.45) is 0.556. The predicted molar refractivity (Wildman–Crippen MR) is 120 cm³/mol. The summed E-state index contributed by atoms with van der Waals surface area (Å²) in [6, 6.07) is 19.2. The molecular weight excluding hydrogens is 412 g/mol. The number of carbonyl (C=O) groups excluding carboxylic acids is 1. The molecular formula is C22H22N6O2S. The van der Waals surface area contributed by atoms with Gasteiger partial charge in [-0.25, -0.2) is 4.68 Å². The number of benzene rings is 2. The number of rotatable bonds is 7. The maximum absolute atomic E-state index is 12.8. The van der Waals surface area contributed by atoms with E-state index >= 15 is 0 Å². The van der Waals surface area contributed by atoms with Gasteiger partial charge in [0.1, 0.15) is 11.6 Å². The van der Waals surface area contributed by atoms with E-state index in [1.54, 1.807) is 22.4 Å². The van der Waals surface area contributed by atoms with Gasteiger partial charge in [-0.3, -0.25) is 9.89 Å². The molecule has 9 heteroatoms. The number of nitrogens with one attached hydrogen (secondary N) is 2. The highest BCUT2D eigenvalue weighted by Crippen LogP contribution is 2.26. The molecule has 0 saturated carbocycles. The number of hydrogen-bond donors (Lipinski definition) is 2. The predicted octanol–water partition coefficient (Wildman–Crippen LogP) is 3.31. The highest BCUT2D eigenvalue weighted by Gasteiger charge is 2.17. The number of hydrogen-bond acceptors (Lipinski definition) is 5. The van der Waals surface area contributed by atoms with E-state index in [1.807, 2.05) is 61.6 Å². The second kappa shape index (κ2) is 8.97. The molecule has 4 rings (SSSR count). The molecule has 158 valence electrons. The summed E-state index contributed by atoms with van der Waals surface area (Å²) >= 11 is 5.12. The number of ether oxygens (including phenoxy) is 1. The summed E-state index contributed by atoms with van der Waals surface area (Å²) in [4.78, 5) is 12.8. The Hall–Kier alpha value is -3.72. The van der Waals surface area contributed by atoms with Crippen LogP contribution in [0.3, 0.4) is 0 Å². The van der Waals surface area contributed by atoms with E-state index in [4.69, 9.17) is 17.0 Å². The Kier molecular flexibility index (Phi) is 5.94. The molecule has 4 aromatic rings. The lowest BCUT2D eigenvalue weighted by Gasteiger charge is -2.08. The van der Waals surface area contributed by atoms with Crippen LogP contribution in [0.4, 0.5) is 0 Å². The van der Waals surface area contributed by atoms with Gasteiger partial charge in [0.2, 0.25) is 0 Å². The van der Waals surface area contributed by atoms with Crippen LogP contribution in [0.5, 0.6) is 5.75 Å². The normalized spacial score (nSPS) is 10.8. The standard InChI is InChI=1S/C22H22N6O2S/c1-27-20(24-25-22(27)31)12-13-23-21(29)18-14-19(15-8-10-17(30-2)11-9-15)28(26-18)16-6-4-3-5-7-16/h3-11,14H,12-13H2,1-2H3,(H,23,29)(H,25,31). The van der Waals surface area contributed by atoms with Gasteiger partial charge in [-0.15, -0.1) is 0 Å². The molecule has 1 amide bonds. The molecule has 0 aliphatic carbocycles. The zero-order valence-electron chi connectivity index (χ0n) is 17.2. The molecule has 0 saturated heterocycles. The second-order valence-electron chi connectivity index (χ2n) is 6.90. The summed E-state index contributed by atoms with van der Waals surface area (Å²) in [6.45, 7) is 0.419. The highest BCUT2D eigenvalue weighted by molar-refractivity contribution is 7.71. The smallest absolute Gasteiger partial charge is 0.271 e. The van der Waals surface area contributed by atoms with Crippen molar-refractivity contribution in [3.05, 3.63) is 77.0 Å². The second-order valence-corrected chi connectivity index (χ2v) is 7.29. The van der Waals surface area contributed by atoms with Crippen molar-refractivity contribution >= 4 is 18.1 Å². The molecule has 8 nitrogen and oxygen atoms in total. The van der Waals surface area contributed by atoms with Crippen molar-refractivity contribution in [2.24, 2.45) is 7.05 Å². The monoisotopic (exact) mass is 434 g/mol. The first-order valence-corrected chi connectivity index (χ1v) is 10.2. The van der Waals surface area contributed by atoms with Crippen molar-refractivity contribution in [2.45, 2.75) is 6.42 Å². The van der Waals surface area contributed by atoms with E-state index in [-0.39, 0.29) is 5.91 Å². The first kappa shape index (κ1) is 20.5. The summed E-state index contributed by atoms with van der Waals surface area (Å²) in [7, 11) is 3.47. The SMILES string of the molecule is COc1ccc(-c2cc(C(=O)NCCc3n[nH]c(=S)n3C)nn2-c2ccccc2)cc1. The molecule has 2 heterocycles. The molecule has 31 heavy (non-hydrogen) atoms. The fourth-order valence-corrected chi connectivity index (χ4v) is 3.36. The van der Waals surface area contributed by atoms with Gasteiger partial charge in [0, 0.05) is 25.6 Å². The summed E-state index contributed by atoms with van der Waals surface area (Å²) < 4.78 is 9.36. The molecule has 0 radical (unpaired) electrons. The van der Waals surface area contributed by atoms with Crippen LogP contribution in [0.2, 0.25) is 0 Å². The number of para-hydroxylation sites is 1. The molecule has 0 bridgehead atoms. The van der Waals surface area contributed by atoms with Crippen LogP contribution in [-0.4, -0.2) is 44.1 Å². The maximum Gasteiger partial charge on any atom is 0.271 e. The molecule has 2 aromatic heterocycles. The van der Waals surface area contributed by atoms with E-state index in [1.165, 1.54) is 0 Å². The van der Waals surface area contributed by atoms with Crippen LogP contribution in [-0.2, 0) is 13.5 Å². The number of methoxy groups -OCH3 is 1. The van der Waals surface area contributed by atoms with Gasteiger partial charge >= 0.3 is 0 Å². The number of amides is 1. The Morgan fingerprint density at radius 1 is 1.16 bits per heavy atom. The highest BCUT2D eigenvalue weighted by atomic mass is 32.1. The quantitative estimate of drug-likeness (QED) is 0.436. The van der Waals surface area contributed by atoms with Crippen molar-refractivity contribution in [1.82, 2.24) is 29.9 Å². The Morgan fingerprint density at radius 2 is 1.90 bits per heavy atom. The molecule has 2 N–H and O–H groups in total. The van der Waals surface area contributed by atoms with Gasteiger partial charge in [-0.2, -0.15) is 10.2 Å². The minimum Gasteiger partial charge on any atom is -0.497 e. The Balaban J connectivity index is 1.58. The van der Waals surface area contributed by atoms with Crippen molar-refractivity contribution in [1.29, 1.82) is 0 Å². The summed E-state index contributed by atoms with van der Waals surface area (Å²) in [5, 5.41) is 14.4.